The standard InChI is InChI=1S/C16H26N2O/c1-13-7-6-9-16(12-13,19-3)15(17-2)11-14-8-4-5-10-18-14/h4-5,8,10,13,15,17H,6-7,9,11-12H2,1-3H3. The highest BCUT2D eigenvalue weighted by molar-refractivity contribution is 5.09. The minimum Gasteiger partial charge on any atom is -0.377 e. The number of rotatable bonds is 5. The number of hydrogen-bond acceptors (Lipinski definition) is 3. The average molecular weight is 262 g/mol. The minimum absolute atomic E-state index is 0.0378. The van der Waals surface area contributed by atoms with Crippen molar-refractivity contribution < 1.29 is 4.74 Å². The summed E-state index contributed by atoms with van der Waals surface area (Å²) in [6.07, 6.45) is 7.66. The zero-order chi connectivity index (χ0) is 13.7. The fraction of sp³-hybridized carbons (Fsp3) is 0.688. The Hall–Kier alpha value is -0.930. The van der Waals surface area contributed by atoms with Gasteiger partial charge in [0, 0.05) is 31.5 Å². The van der Waals surface area contributed by atoms with E-state index in [0.717, 1.165) is 30.9 Å². The smallest absolute Gasteiger partial charge is 0.0837 e. The van der Waals surface area contributed by atoms with Crippen molar-refractivity contribution in [2.24, 2.45) is 5.92 Å². The van der Waals surface area contributed by atoms with E-state index in [0.29, 0.717) is 6.04 Å². The molecule has 1 saturated carbocycles. The normalized spacial score (nSPS) is 29.1. The molecule has 106 valence electrons. The molecule has 0 radical (unpaired) electrons. The van der Waals surface area contributed by atoms with Gasteiger partial charge in [-0.3, -0.25) is 4.98 Å². The molecule has 0 saturated heterocycles. The molecule has 1 heterocycles. The third kappa shape index (κ3) is 3.34. The molecule has 1 aliphatic carbocycles. The lowest BCUT2D eigenvalue weighted by Gasteiger charge is -2.44. The van der Waals surface area contributed by atoms with E-state index in [4.69, 9.17) is 4.74 Å². The van der Waals surface area contributed by atoms with Gasteiger partial charge < -0.3 is 10.1 Å². The van der Waals surface area contributed by atoms with Crippen LogP contribution in [0.25, 0.3) is 0 Å². The van der Waals surface area contributed by atoms with Crippen LogP contribution in [0.5, 0.6) is 0 Å². The number of pyridine rings is 1. The molecule has 1 fully saturated rings. The van der Waals surface area contributed by atoms with Crippen molar-refractivity contribution >= 4 is 0 Å². The molecular weight excluding hydrogens is 236 g/mol. The molecule has 19 heavy (non-hydrogen) atoms. The number of nitrogens with zero attached hydrogens (tertiary/aromatic N) is 1. The summed E-state index contributed by atoms with van der Waals surface area (Å²) in [4.78, 5) is 4.45. The molecule has 2 rings (SSSR count). The van der Waals surface area contributed by atoms with Gasteiger partial charge in [-0.25, -0.2) is 0 Å². The van der Waals surface area contributed by atoms with Crippen molar-refractivity contribution in [2.75, 3.05) is 14.2 Å². The number of hydrogen-bond donors (Lipinski definition) is 1. The van der Waals surface area contributed by atoms with Gasteiger partial charge in [0.1, 0.15) is 0 Å². The quantitative estimate of drug-likeness (QED) is 0.886. The molecule has 3 atom stereocenters. The highest BCUT2D eigenvalue weighted by Gasteiger charge is 2.41. The summed E-state index contributed by atoms with van der Waals surface area (Å²) >= 11 is 0. The molecule has 0 aliphatic heterocycles. The molecule has 0 amide bonds. The maximum absolute atomic E-state index is 5.98. The van der Waals surface area contributed by atoms with E-state index in [-0.39, 0.29) is 5.60 Å². The number of methoxy groups -OCH3 is 1. The van der Waals surface area contributed by atoms with Gasteiger partial charge in [0.2, 0.25) is 0 Å². The molecule has 0 aromatic carbocycles. The maximum atomic E-state index is 5.98. The van der Waals surface area contributed by atoms with Gasteiger partial charge in [0.15, 0.2) is 0 Å². The zero-order valence-electron chi connectivity index (χ0n) is 12.4. The van der Waals surface area contributed by atoms with Crippen LogP contribution in [0.4, 0.5) is 0 Å². The largest absolute Gasteiger partial charge is 0.377 e. The van der Waals surface area contributed by atoms with Crippen LogP contribution in [0.3, 0.4) is 0 Å². The monoisotopic (exact) mass is 262 g/mol. The van der Waals surface area contributed by atoms with Gasteiger partial charge >= 0.3 is 0 Å². The second-order valence-electron chi connectivity index (χ2n) is 5.84. The second-order valence-corrected chi connectivity index (χ2v) is 5.84. The molecule has 3 nitrogen and oxygen atoms in total. The maximum Gasteiger partial charge on any atom is 0.0837 e. The molecule has 3 unspecified atom stereocenters. The van der Waals surface area contributed by atoms with Gasteiger partial charge in [0.25, 0.3) is 0 Å². The second kappa shape index (κ2) is 6.49. The molecule has 1 aromatic rings. The summed E-state index contributed by atoms with van der Waals surface area (Å²) in [6.45, 7) is 2.33. The van der Waals surface area contributed by atoms with Crippen LogP contribution in [0, 0.1) is 5.92 Å². The molecule has 1 aliphatic rings. The molecule has 1 N–H and O–H groups in total. The van der Waals surface area contributed by atoms with Crippen molar-refractivity contribution in [3.8, 4) is 0 Å². The van der Waals surface area contributed by atoms with Crippen LogP contribution in [0.1, 0.15) is 38.3 Å². The third-order valence-corrected chi connectivity index (χ3v) is 4.52. The van der Waals surface area contributed by atoms with Crippen LogP contribution in [-0.2, 0) is 11.2 Å². The van der Waals surface area contributed by atoms with Crippen LogP contribution in [0.15, 0.2) is 24.4 Å². The first-order valence-electron chi connectivity index (χ1n) is 7.32. The van der Waals surface area contributed by atoms with Crippen molar-refractivity contribution in [1.82, 2.24) is 10.3 Å². The minimum atomic E-state index is -0.0378. The number of likely N-dealkylation sites (N-methyl/N-ethyl adjacent to an activating group) is 1. The third-order valence-electron chi connectivity index (χ3n) is 4.52. The van der Waals surface area contributed by atoms with E-state index in [1.807, 2.05) is 26.4 Å². The molecule has 0 spiro atoms. The molecule has 1 aromatic heterocycles. The van der Waals surface area contributed by atoms with Crippen LogP contribution < -0.4 is 5.32 Å². The van der Waals surface area contributed by atoms with E-state index in [9.17, 15) is 0 Å². The van der Waals surface area contributed by atoms with Gasteiger partial charge in [-0.05, 0) is 37.9 Å². The van der Waals surface area contributed by atoms with E-state index < -0.39 is 0 Å². The van der Waals surface area contributed by atoms with Gasteiger partial charge in [-0.15, -0.1) is 0 Å². The Morgan fingerprint density at radius 3 is 2.95 bits per heavy atom. The summed E-state index contributed by atoms with van der Waals surface area (Å²) in [5, 5.41) is 3.47. The first-order chi connectivity index (χ1) is 9.20. The highest BCUT2D eigenvalue weighted by Crippen LogP contribution is 2.38. The number of aromatic nitrogens is 1. The van der Waals surface area contributed by atoms with Gasteiger partial charge in [-0.1, -0.05) is 25.8 Å². The average Bonchev–Trinajstić information content (AvgIpc) is 2.45. The molecular formula is C16H26N2O. The van der Waals surface area contributed by atoms with E-state index >= 15 is 0 Å². The Balaban J connectivity index is 2.14. The zero-order valence-corrected chi connectivity index (χ0v) is 12.4. The van der Waals surface area contributed by atoms with Crippen molar-refractivity contribution in [3.63, 3.8) is 0 Å². The lowest BCUT2D eigenvalue weighted by molar-refractivity contribution is -0.0777. The number of ether oxygens (including phenoxy) is 1. The summed E-state index contributed by atoms with van der Waals surface area (Å²) in [5.41, 5.74) is 1.10. The van der Waals surface area contributed by atoms with E-state index in [1.54, 1.807) is 0 Å². The van der Waals surface area contributed by atoms with Crippen molar-refractivity contribution in [2.45, 2.75) is 50.7 Å². The molecule has 3 heteroatoms. The van der Waals surface area contributed by atoms with Crippen molar-refractivity contribution in [1.29, 1.82) is 0 Å². The lowest BCUT2D eigenvalue weighted by atomic mass is 9.73. The lowest BCUT2D eigenvalue weighted by Crippen LogP contribution is -2.54. The Morgan fingerprint density at radius 2 is 2.37 bits per heavy atom. The Bertz CT molecular complexity index is 382. The predicted molar refractivity (Wildman–Crippen MR) is 78.2 cm³/mol. The summed E-state index contributed by atoms with van der Waals surface area (Å²) in [7, 11) is 3.90. The van der Waals surface area contributed by atoms with Gasteiger partial charge in [0.05, 0.1) is 5.60 Å². The van der Waals surface area contributed by atoms with Crippen molar-refractivity contribution in [3.05, 3.63) is 30.1 Å². The Labute approximate surface area is 116 Å². The topological polar surface area (TPSA) is 34.2 Å². The highest BCUT2D eigenvalue weighted by atomic mass is 16.5. The van der Waals surface area contributed by atoms with Gasteiger partial charge in [-0.2, -0.15) is 0 Å². The van der Waals surface area contributed by atoms with Crippen LogP contribution >= 0.6 is 0 Å². The summed E-state index contributed by atoms with van der Waals surface area (Å²) < 4.78 is 5.98. The fourth-order valence-corrected chi connectivity index (χ4v) is 3.47. The predicted octanol–water partition coefficient (Wildman–Crippen LogP) is 2.81. The first kappa shape index (κ1) is 14.5. The Morgan fingerprint density at radius 1 is 1.53 bits per heavy atom. The van der Waals surface area contributed by atoms with Crippen LogP contribution in [-0.4, -0.2) is 30.8 Å². The summed E-state index contributed by atoms with van der Waals surface area (Å²) in [6, 6.07) is 6.44. The fourth-order valence-electron chi connectivity index (χ4n) is 3.47. The SMILES string of the molecule is CNC(Cc1ccccn1)C1(OC)CCCC(C)C1. The Kier molecular flexibility index (Phi) is 4.94. The number of nitrogens with one attached hydrogen (secondary N) is 1. The van der Waals surface area contributed by atoms with E-state index in [1.165, 1.54) is 12.8 Å². The molecule has 0 bridgehead atoms. The van der Waals surface area contributed by atoms with E-state index in [2.05, 4.69) is 29.4 Å². The summed E-state index contributed by atoms with van der Waals surface area (Å²) in [5.74, 6) is 0.744. The first-order valence-corrected chi connectivity index (χ1v) is 7.32. The van der Waals surface area contributed by atoms with Crippen LogP contribution in [0.2, 0.25) is 0 Å².